The first kappa shape index (κ1) is 36.5. The van der Waals surface area contributed by atoms with Crippen molar-refractivity contribution in [3.63, 3.8) is 0 Å². The topological polar surface area (TPSA) is 21.3 Å². The summed E-state index contributed by atoms with van der Waals surface area (Å²) in [6, 6.07) is 87.0. The van der Waals surface area contributed by atoms with Gasteiger partial charge in [-0.05, 0) is 93.5 Å². The van der Waals surface area contributed by atoms with Crippen LogP contribution in [0.1, 0.15) is 0 Å². The van der Waals surface area contributed by atoms with Crippen molar-refractivity contribution in [2.45, 2.75) is 0 Å². The highest BCUT2D eigenvalue weighted by atomic mass is 16.3. The Bertz CT molecular complexity index is 3590. The molecular weight excluding hydrogens is 765 g/mol. The van der Waals surface area contributed by atoms with Gasteiger partial charge in [-0.15, -0.1) is 0 Å². The third-order valence-corrected chi connectivity index (χ3v) is 12.4. The maximum Gasteiger partial charge on any atom is 0.159 e. The third kappa shape index (κ3) is 6.29. The molecule has 296 valence electrons. The van der Waals surface area contributed by atoms with Gasteiger partial charge in [0.1, 0.15) is 5.58 Å². The fourth-order valence-corrected chi connectivity index (χ4v) is 9.47. The van der Waals surface area contributed by atoms with Gasteiger partial charge < -0.3 is 13.9 Å². The maximum absolute atomic E-state index is 6.74. The fourth-order valence-electron chi connectivity index (χ4n) is 9.47. The molecule has 0 bridgehead atoms. The lowest BCUT2D eigenvalue weighted by Gasteiger charge is -2.29. The van der Waals surface area contributed by atoms with Crippen LogP contribution < -0.4 is 4.90 Å². The second kappa shape index (κ2) is 15.3. The van der Waals surface area contributed by atoms with E-state index in [0.717, 1.165) is 78.1 Å². The zero-order valence-corrected chi connectivity index (χ0v) is 34.4. The first-order valence-corrected chi connectivity index (χ1v) is 21.5. The van der Waals surface area contributed by atoms with Crippen molar-refractivity contribution in [2.24, 2.45) is 0 Å². The van der Waals surface area contributed by atoms with Crippen molar-refractivity contribution in [1.29, 1.82) is 0 Å². The Morgan fingerprint density at radius 3 is 1.63 bits per heavy atom. The van der Waals surface area contributed by atoms with E-state index in [4.69, 9.17) is 4.42 Å². The van der Waals surface area contributed by atoms with Crippen LogP contribution in [0.4, 0.5) is 17.1 Å². The summed E-state index contributed by atoms with van der Waals surface area (Å²) in [5.41, 5.74) is 17.7. The molecule has 12 rings (SSSR count). The number of para-hydroxylation sites is 4. The second-order valence-corrected chi connectivity index (χ2v) is 16.1. The third-order valence-electron chi connectivity index (χ3n) is 12.4. The number of hydrogen-bond donors (Lipinski definition) is 0. The molecule has 0 saturated heterocycles. The molecule has 0 aliphatic carbocycles. The average molecular weight is 805 g/mol. The predicted molar refractivity (Wildman–Crippen MR) is 264 cm³/mol. The Hall–Kier alpha value is -8.40. The van der Waals surface area contributed by atoms with E-state index in [2.05, 4.69) is 246 Å². The summed E-state index contributed by atoms with van der Waals surface area (Å²) in [6.07, 6.45) is 0. The van der Waals surface area contributed by atoms with Crippen LogP contribution >= 0.6 is 0 Å². The van der Waals surface area contributed by atoms with Gasteiger partial charge in [0.2, 0.25) is 0 Å². The minimum atomic E-state index is 0.851. The van der Waals surface area contributed by atoms with Gasteiger partial charge in [-0.2, -0.15) is 0 Å². The van der Waals surface area contributed by atoms with Crippen LogP contribution in [0, 0.1) is 0 Å². The van der Waals surface area contributed by atoms with Crippen LogP contribution in [-0.2, 0) is 0 Å². The highest BCUT2D eigenvalue weighted by Gasteiger charge is 2.23. The maximum atomic E-state index is 6.74. The van der Waals surface area contributed by atoms with Gasteiger partial charge in [0.15, 0.2) is 5.58 Å². The number of nitrogens with zero attached hydrogens (tertiary/aromatic N) is 2. The predicted octanol–water partition coefficient (Wildman–Crippen LogP) is 16.8. The van der Waals surface area contributed by atoms with Crippen LogP contribution in [0.15, 0.2) is 247 Å². The normalized spacial score (nSPS) is 11.5. The van der Waals surface area contributed by atoms with Gasteiger partial charge in [0.25, 0.3) is 0 Å². The zero-order valence-electron chi connectivity index (χ0n) is 34.4. The summed E-state index contributed by atoms with van der Waals surface area (Å²) in [6.45, 7) is 0. The van der Waals surface area contributed by atoms with Gasteiger partial charge in [-0.25, -0.2) is 0 Å². The lowest BCUT2D eigenvalue weighted by atomic mass is 9.96. The molecule has 63 heavy (non-hydrogen) atoms. The summed E-state index contributed by atoms with van der Waals surface area (Å²) < 4.78 is 9.12. The van der Waals surface area contributed by atoms with Gasteiger partial charge >= 0.3 is 0 Å². The van der Waals surface area contributed by atoms with Crippen LogP contribution in [0.3, 0.4) is 0 Å². The molecule has 0 amide bonds. The van der Waals surface area contributed by atoms with Crippen LogP contribution in [-0.4, -0.2) is 4.57 Å². The number of anilines is 3. The first-order valence-electron chi connectivity index (χ1n) is 21.5. The van der Waals surface area contributed by atoms with Crippen molar-refractivity contribution < 1.29 is 4.42 Å². The standard InChI is InChI=1S/C60H40N2O/c1-4-16-41(17-5-1)46-36-39-49(44-18-6-2-7-19-44)57(40-46)62(56-28-15-25-52-51-22-11-13-29-58(51)63-60(52)56)48-37-34-43(35-38-48)42-30-32-45(33-31-42)50-24-14-27-55-59(50)53-23-10-12-26-54(53)61(55)47-20-8-3-9-21-47/h1-40H. The van der Waals surface area contributed by atoms with Crippen molar-refractivity contribution >= 4 is 60.8 Å². The molecule has 0 spiro atoms. The quantitative estimate of drug-likeness (QED) is 0.153. The molecule has 3 nitrogen and oxygen atoms in total. The highest BCUT2D eigenvalue weighted by Crippen LogP contribution is 2.47. The fraction of sp³-hybridized carbons (Fsp3) is 0. The smallest absolute Gasteiger partial charge is 0.159 e. The van der Waals surface area contributed by atoms with Crippen molar-refractivity contribution in [3.8, 4) is 50.2 Å². The van der Waals surface area contributed by atoms with E-state index in [1.165, 1.54) is 32.9 Å². The molecule has 3 heteroatoms. The summed E-state index contributed by atoms with van der Waals surface area (Å²) in [7, 11) is 0. The van der Waals surface area contributed by atoms with E-state index >= 15 is 0 Å². The molecule has 0 radical (unpaired) electrons. The van der Waals surface area contributed by atoms with Crippen LogP contribution in [0.5, 0.6) is 0 Å². The van der Waals surface area contributed by atoms with Crippen LogP contribution in [0.2, 0.25) is 0 Å². The molecule has 0 N–H and O–H groups in total. The molecule has 0 unspecified atom stereocenters. The van der Waals surface area contributed by atoms with Crippen LogP contribution in [0.25, 0.3) is 93.9 Å². The van der Waals surface area contributed by atoms with Crippen molar-refractivity contribution in [3.05, 3.63) is 243 Å². The summed E-state index contributed by atoms with van der Waals surface area (Å²) in [5, 5.41) is 4.71. The highest BCUT2D eigenvalue weighted by molar-refractivity contribution is 6.16. The molecule has 10 aromatic carbocycles. The van der Waals surface area contributed by atoms with Gasteiger partial charge in [0, 0.05) is 38.5 Å². The Balaban J connectivity index is 0.981. The Morgan fingerprint density at radius 2 is 0.873 bits per heavy atom. The molecule has 0 aliphatic heterocycles. The minimum Gasteiger partial charge on any atom is -0.454 e. The van der Waals surface area contributed by atoms with Gasteiger partial charge in [0.05, 0.1) is 22.4 Å². The molecule has 0 aliphatic rings. The van der Waals surface area contributed by atoms with Gasteiger partial charge in [-0.3, -0.25) is 0 Å². The van der Waals surface area contributed by atoms with E-state index in [1.54, 1.807) is 0 Å². The van der Waals surface area contributed by atoms with E-state index in [-0.39, 0.29) is 0 Å². The molecule has 2 aromatic heterocycles. The first-order chi connectivity index (χ1) is 31.3. The summed E-state index contributed by atoms with van der Waals surface area (Å²) in [5.74, 6) is 0. The second-order valence-electron chi connectivity index (χ2n) is 16.1. The number of fused-ring (bicyclic) bond motifs is 6. The molecule has 12 aromatic rings. The van der Waals surface area contributed by atoms with Crippen molar-refractivity contribution in [1.82, 2.24) is 4.57 Å². The molecule has 0 saturated carbocycles. The molecule has 0 atom stereocenters. The summed E-state index contributed by atoms with van der Waals surface area (Å²) >= 11 is 0. The Kier molecular flexibility index (Phi) is 8.83. The van der Waals surface area contributed by atoms with Gasteiger partial charge in [-0.1, -0.05) is 188 Å². The number of hydrogen-bond acceptors (Lipinski definition) is 2. The average Bonchev–Trinajstić information content (AvgIpc) is 3.92. The number of furan rings is 1. The van der Waals surface area contributed by atoms with E-state index in [9.17, 15) is 0 Å². The molecule has 2 heterocycles. The van der Waals surface area contributed by atoms with E-state index in [0.29, 0.717) is 0 Å². The monoisotopic (exact) mass is 804 g/mol. The summed E-state index contributed by atoms with van der Waals surface area (Å²) in [4.78, 5) is 2.37. The van der Waals surface area contributed by atoms with E-state index in [1.807, 2.05) is 6.07 Å². The zero-order chi connectivity index (χ0) is 41.7. The molecule has 0 fully saturated rings. The lowest BCUT2D eigenvalue weighted by molar-refractivity contribution is 0.669. The Labute approximate surface area is 366 Å². The van der Waals surface area contributed by atoms with E-state index < -0.39 is 0 Å². The Morgan fingerprint density at radius 1 is 0.333 bits per heavy atom. The SMILES string of the molecule is c1ccc(-c2ccc(-c3ccccc3)c(N(c3ccc(-c4ccc(-c5cccc6c5c5ccccc5n6-c5ccccc5)cc4)cc3)c3cccc4c3oc3ccccc34)c2)cc1. The number of rotatable bonds is 8. The minimum absolute atomic E-state index is 0.851. The number of benzene rings is 10. The largest absolute Gasteiger partial charge is 0.454 e. The lowest BCUT2D eigenvalue weighted by Crippen LogP contribution is -2.12. The van der Waals surface area contributed by atoms with Crippen molar-refractivity contribution in [2.75, 3.05) is 4.90 Å². The molecular formula is C60H40N2O. The number of aromatic nitrogens is 1.